The summed E-state index contributed by atoms with van der Waals surface area (Å²) in [5, 5.41) is 0.760. The lowest BCUT2D eigenvalue weighted by atomic mass is 10.2. The fraction of sp³-hybridized carbons (Fsp3) is 0.545. The number of thioether (sulfide) groups is 1. The Morgan fingerprint density at radius 3 is 3.13 bits per heavy atom. The molecule has 0 aliphatic carbocycles. The van der Waals surface area contributed by atoms with Crippen molar-refractivity contribution in [1.82, 2.24) is 4.98 Å². The van der Waals surface area contributed by atoms with Gasteiger partial charge in [0.05, 0.1) is 11.9 Å². The Labute approximate surface area is 95.1 Å². The average Bonchev–Trinajstić information content (AvgIpc) is 2.30. The van der Waals surface area contributed by atoms with Crippen LogP contribution in [-0.4, -0.2) is 29.1 Å². The molecular weight excluding hydrogens is 206 g/mol. The zero-order valence-electron chi connectivity index (χ0n) is 9.02. The van der Waals surface area contributed by atoms with Gasteiger partial charge in [-0.25, -0.2) is 4.98 Å². The largest absolute Gasteiger partial charge is 0.384 e. The molecule has 2 heterocycles. The van der Waals surface area contributed by atoms with Crippen LogP contribution in [0, 0.1) is 0 Å². The van der Waals surface area contributed by atoms with E-state index in [-0.39, 0.29) is 0 Å². The van der Waals surface area contributed by atoms with Gasteiger partial charge < -0.3 is 10.6 Å². The summed E-state index contributed by atoms with van der Waals surface area (Å²) in [5.74, 6) is 1.81. The first-order valence-corrected chi connectivity index (χ1v) is 6.42. The molecule has 15 heavy (non-hydrogen) atoms. The quantitative estimate of drug-likeness (QED) is 0.832. The van der Waals surface area contributed by atoms with Crippen molar-refractivity contribution >= 4 is 23.3 Å². The van der Waals surface area contributed by atoms with Gasteiger partial charge in [0, 0.05) is 24.1 Å². The number of nitrogens with zero attached hydrogens (tertiary/aromatic N) is 2. The Hall–Kier alpha value is -0.900. The number of hydrogen-bond acceptors (Lipinski definition) is 4. The highest BCUT2D eigenvalue weighted by Gasteiger charge is 2.18. The molecule has 1 unspecified atom stereocenters. The second-order valence-corrected chi connectivity index (χ2v) is 5.20. The fourth-order valence-corrected chi connectivity index (χ4v) is 2.97. The lowest BCUT2D eigenvalue weighted by Gasteiger charge is -2.33. The number of rotatable bonds is 2. The van der Waals surface area contributed by atoms with Gasteiger partial charge in [-0.05, 0) is 18.6 Å². The molecule has 4 heteroatoms. The molecule has 1 aromatic heterocycles. The first kappa shape index (κ1) is 10.6. The zero-order valence-corrected chi connectivity index (χ0v) is 9.83. The molecule has 82 valence electrons. The molecule has 0 spiro atoms. The second-order valence-electron chi connectivity index (χ2n) is 3.79. The second kappa shape index (κ2) is 4.75. The number of nitrogens with two attached hydrogens (primary N) is 1. The van der Waals surface area contributed by atoms with Crippen molar-refractivity contribution in [2.75, 3.05) is 29.5 Å². The Morgan fingerprint density at radius 1 is 1.60 bits per heavy atom. The summed E-state index contributed by atoms with van der Waals surface area (Å²) in [6.07, 6.45) is 3.11. The van der Waals surface area contributed by atoms with Crippen molar-refractivity contribution in [3.8, 4) is 0 Å². The third-order valence-corrected chi connectivity index (χ3v) is 4.10. The molecule has 0 bridgehead atoms. The summed E-state index contributed by atoms with van der Waals surface area (Å²) in [6, 6.07) is 3.93. The van der Waals surface area contributed by atoms with Gasteiger partial charge in [-0.2, -0.15) is 11.8 Å². The molecule has 2 N–H and O–H groups in total. The highest BCUT2D eigenvalue weighted by Crippen LogP contribution is 2.25. The molecule has 1 fully saturated rings. The predicted molar refractivity (Wildman–Crippen MR) is 67.4 cm³/mol. The van der Waals surface area contributed by atoms with Crippen molar-refractivity contribution in [3.05, 3.63) is 18.3 Å². The van der Waals surface area contributed by atoms with E-state index in [1.54, 1.807) is 0 Å². The minimum Gasteiger partial charge on any atom is -0.384 e. The van der Waals surface area contributed by atoms with E-state index in [1.807, 2.05) is 12.3 Å². The van der Waals surface area contributed by atoms with Crippen LogP contribution in [0.2, 0.25) is 0 Å². The number of aromatic nitrogens is 1. The predicted octanol–water partition coefficient (Wildman–Crippen LogP) is 2.00. The summed E-state index contributed by atoms with van der Waals surface area (Å²) in [7, 11) is 0. The topological polar surface area (TPSA) is 42.1 Å². The standard InChI is InChI=1S/C11H17N3S/c1-2-10-8-14(5-6-15-10)9-3-4-11(12)13-7-9/h3-4,7,10H,2,5-6,8H2,1H3,(H2,12,13). The van der Waals surface area contributed by atoms with Gasteiger partial charge in [-0.1, -0.05) is 6.92 Å². The van der Waals surface area contributed by atoms with E-state index in [0.717, 1.165) is 18.3 Å². The molecule has 1 saturated heterocycles. The Kier molecular flexibility index (Phi) is 3.36. The van der Waals surface area contributed by atoms with Crippen LogP contribution < -0.4 is 10.6 Å². The number of anilines is 2. The summed E-state index contributed by atoms with van der Waals surface area (Å²) >= 11 is 2.08. The number of pyridine rings is 1. The molecule has 0 saturated carbocycles. The Morgan fingerprint density at radius 2 is 2.47 bits per heavy atom. The van der Waals surface area contributed by atoms with Gasteiger partial charge in [0.15, 0.2) is 0 Å². The lowest BCUT2D eigenvalue weighted by Crippen LogP contribution is -2.37. The van der Waals surface area contributed by atoms with E-state index in [9.17, 15) is 0 Å². The maximum absolute atomic E-state index is 5.58. The van der Waals surface area contributed by atoms with Crippen molar-refractivity contribution in [2.24, 2.45) is 0 Å². The first-order chi connectivity index (χ1) is 7.29. The summed E-state index contributed by atoms with van der Waals surface area (Å²) < 4.78 is 0. The summed E-state index contributed by atoms with van der Waals surface area (Å²) in [5.41, 5.74) is 6.77. The first-order valence-electron chi connectivity index (χ1n) is 5.37. The van der Waals surface area contributed by atoms with E-state index in [4.69, 9.17) is 5.73 Å². The minimum atomic E-state index is 0.595. The summed E-state index contributed by atoms with van der Waals surface area (Å²) in [4.78, 5) is 6.53. The van der Waals surface area contributed by atoms with E-state index in [1.165, 1.54) is 17.9 Å². The number of nitrogen functional groups attached to an aromatic ring is 1. The molecule has 1 atom stereocenters. The molecule has 2 rings (SSSR count). The fourth-order valence-electron chi connectivity index (χ4n) is 1.79. The van der Waals surface area contributed by atoms with Gasteiger partial charge >= 0.3 is 0 Å². The van der Waals surface area contributed by atoms with Crippen molar-refractivity contribution in [2.45, 2.75) is 18.6 Å². The van der Waals surface area contributed by atoms with Gasteiger partial charge in [0.25, 0.3) is 0 Å². The van der Waals surface area contributed by atoms with Crippen LogP contribution in [0.1, 0.15) is 13.3 Å². The van der Waals surface area contributed by atoms with Crippen LogP contribution >= 0.6 is 11.8 Å². The normalized spacial score (nSPS) is 21.7. The van der Waals surface area contributed by atoms with Crippen molar-refractivity contribution in [3.63, 3.8) is 0 Å². The monoisotopic (exact) mass is 223 g/mol. The Balaban J connectivity index is 2.06. The molecule has 1 aromatic rings. The van der Waals surface area contributed by atoms with E-state index >= 15 is 0 Å². The van der Waals surface area contributed by atoms with Crippen molar-refractivity contribution < 1.29 is 0 Å². The van der Waals surface area contributed by atoms with Crippen LogP contribution in [-0.2, 0) is 0 Å². The van der Waals surface area contributed by atoms with Crippen LogP contribution in [0.25, 0.3) is 0 Å². The molecule has 3 nitrogen and oxygen atoms in total. The minimum absolute atomic E-state index is 0.595. The van der Waals surface area contributed by atoms with E-state index < -0.39 is 0 Å². The van der Waals surface area contributed by atoms with E-state index in [2.05, 4.69) is 34.6 Å². The third-order valence-electron chi connectivity index (χ3n) is 2.73. The molecular formula is C11H17N3S. The molecule has 0 radical (unpaired) electrons. The molecule has 1 aliphatic heterocycles. The number of hydrogen-bond donors (Lipinski definition) is 1. The van der Waals surface area contributed by atoms with Crippen molar-refractivity contribution in [1.29, 1.82) is 0 Å². The third kappa shape index (κ3) is 2.56. The average molecular weight is 223 g/mol. The van der Waals surface area contributed by atoms with Crippen LogP contribution in [0.3, 0.4) is 0 Å². The maximum Gasteiger partial charge on any atom is 0.123 e. The van der Waals surface area contributed by atoms with Crippen LogP contribution in [0.5, 0.6) is 0 Å². The van der Waals surface area contributed by atoms with Gasteiger partial charge in [0.1, 0.15) is 5.82 Å². The molecule has 1 aliphatic rings. The van der Waals surface area contributed by atoms with Gasteiger partial charge in [-0.3, -0.25) is 0 Å². The highest BCUT2D eigenvalue weighted by atomic mass is 32.2. The van der Waals surface area contributed by atoms with Gasteiger partial charge in [0.2, 0.25) is 0 Å². The smallest absolute Gasteiger partial charge is 0.123 e. The maximum atomic E-state index is 5.58. The zero-order chi connectivity index (χ0) is 10.7. The molecule has 0 amide bonds. The van der Waals surface area contributed by atoms with E-state index in [0.29, 0.717) is 5.82 Å². The molecule has 0 aromatic carbocycles. The highest BCUT2D eigenvalue weighted by molar-refractivity contribution is 8.00. The van der Waals surface area contributed by atoms with Crippen LogP contribution in [0.4, 0.5) is 11.5 Å². The van der Waals surface area contributed by atoms with Gasteiger partial charge in [-0.15, -0.1) is 0 Å². The summed E-state index contributed by atoms with van der Waals surface area (Å²) in [6.45, 7) is 4.50. The van der Waals surface area contributed by atoms with Crippen LogP contribution in [0.15, 0.2) is 18.3 Å². The Bertz CT molecular complexity index is 312. The lowest BCUT2D eigenvalue weighted by molar-refractivity contribution is 0.727. The SMILES string of the molecule is CCC1CN(c2ccc(N)nc2)CCS1.